The largest absolute Gasteiger partial charge is 0.451 e. The fraction of sp³-hybridized carbons (Fsp3) is 0.700. The molecule has 3 aliphatic rings. The second-order valence-corrected chi connectivity index (χ2v) is 4.19. The molecule has 2 heteroatoms. The summed E-state index contributed by atoms with van der Waals surface area (Å²) in [7, 11) is 0. The summed E-state index contributed by atoms with van der Waals surface area (Å²) in [6.45, 7) is 2.03. The summed E-state index contributed by atoms with van der Waals surface area (Å²) in [5.74, 6) is 1.21. The van der Waals surface area contributed by atoms with Crippen LogP contribution in [-0.4, -0.2) is 11.6 Å². The van der Waals surface area contributed by atoms with Crippen molar-refractivity contribution in [1.29, 1.82) is 0 Å². The summed E-state index contributed by atoms with van der Waals surface area (Å²) in [5, 5.41) is 0. The monoisotopic (exact) mass is 164 g/mol. The lowest BCUT2D eigenvalue weighted by atomic mass is 10.0. The Balaban J connectivity index is 1.97. The third kappa shape index (κ3) is 0.530. The standard InChI is InChI=1S/C10H12O2/c1-6-5-9(11)12-10(6)7-3-2-4-8(7)10/h5,7-8H,2-4H2,1H3. The van der Waals surface area contributed by atoms with Crippen molar-refractivity contribution >= 4 is 5.97 Å². The van der Waals surface area contributed by atoms with Crippen LogP contribution in [0.25, 0.3) is 0 Å². The van der Waals surface area contributed by atoms with Crippen molar-refractivity contribution in [2.45, 2.75) is 31.8 Å². The first-order valence-corrected chi connectivity index (χ1v) is 4.67. The van der Waals surface area contributed by atoms with Gasteiger partial charge in [-0.05, 0) is 25.3 Å². The molecule has 3 rings (SSSR count). The Labute approximate surface area is 71.6 Å². The topological polar surface area (TPSA) is 26.3 Å². The molecule has 2 saturated carbocycles. The second kappa shape index (κ2) is 1.76. The number of rotatable bonds is 0. The summed E-state index contributed by atoms with van der Waals surface area (Å²) >= 11 is 0. The van der Waals surface area contributed by atoms with Gasteiger partial charge in [-0.1, -0.05) is 6.42 Å². The average molecular weight is 164 g/mol. The highest BCUT2D eigenvalue weighted by molar-refractivity contribution is 5.87. The van der Waals surface area contributed by atoms with Gasteiger partial charge >= 0.3 is 5.97 Å². The molecule has 0 aromatic rings. The smallest absolute Gasteiger partial charge is 0.331 e. The molecule has 2 nitrogen and oxygen atoms in total. The van der Waals surface area contributed by atoms with Crippen LogP contribution in [0.15, 0.2) is 11.6 Å². The Kier molecular flexibility index (Phi) is 0.980. The zero-order chi connectivity index (χ0) is 8.34. The number of hydrogen-bond acceptors (Lipinski definition) is 2. The Bertz CT molecular complexity index is 280. The van der Waals surface area contributed by atoms with Crippen LogP contribution in [0.5, 0.6) is 0 Å². The number of hydrogen-bond donors (Lipinski definition) is 0. The molecule has 1 aliphatic heterocycles. The molecule has 2 aliphatic carbocycles. The van der Waals surface area contributed by atoms with Gasteiger partial charge in [0.25, 0.3) is 0 Å². The number of carbonyl (C=O) groups excluding carboxylic acids is 1. The molecule has 0 saturated heterocycles. The predicted molar refractivity (Wildman–Crippen MR) is 43.4 cm³/mol. The van der Waals surface area contributed by atoms with Crippen molar-refractivity contribution in [2.75, 3.05) is 0 Å². The zero-order valence-corrected chi connectivity index (χ0v) is 7.17. The molecule has 1 spiro atoms. The van der Waals surface area contributed by atoms with Gasteiger partial charge < -0.3 is 4.74 Å². The van der Waals surface area contributed by atoms with Crippen LogP contribution in [0.1, 0.15) is 26.2 Å². The molecule has 0 aromatic carbocycles. The number of ether oxygens (including phenoxy) is 1. The molecule has 2 fully saturated rings. The van der Waals surface area contributed by atoms with Crippen LogP contribution < -0.4 is 0 Å². The van der Waals surface area contributed by atoms with Gasteiger partial charge in [0.1, 0.15) is 5.60 Å². The zero-order valence-electron chi connectivity index (χ0n) is 7.17. The third-order valence-electron chi connectivity index (χ3n) is 3.73. The quantitative estimate of drug-likeness (QED) is 0.509. The van der Waals surface area contributed by atoms with E-state index in [4.69, 9.17) is 4.74 Å². The number of fused-ring (bicyclic) bond motifs is 3. The maximum atomic E-state index is 11.0. The molecular weight excluding hydrogens is 152 g/mol. The molecule has 12 heavy (non-hydrogen) atoms. The van der Waals surface area contributed by atoms with Gasteiger partial charge in [0.2, 0.25) is 0 Å². The van der Waals surface area contributed by atoms with Gasteiger partial charge in [-0.2, -0.15) is 0 Å². The number of carbonyl (C=O) groups is 1. The lowest BCUT2D eigenvalue weighted by Crippen LogP contribution is -2.19. The van der Waals surface area contributed by atoms with E-state index in [1.165, 1.54) is 24.8 Å². The SMILES string of the molecule is CC1=CC(=O)OC12C1CCCC12. The van der Waals surface area contributed by atoms with Crippen molar-refractivity contribution in [1.82, 2.24) is 0 Å². The minimum absolute atomic E-state index is 0.102. The van der Waals surface area contributed by atoms with Gasteiger partial charge in [0, 0.05) is 17.9 Å². The molecule has 0 bridgehead atoms. The summed E-state index contributed by atoms with van der Waals surface area (Å²) in [6.07, 6.45) is 5.49. The van der Waals surface area contributed by atoms with E-state index in [0.717, 1.165) is 0 Å². The average Bonchev–Trinajstić information content (AvgIpc) is 2.44. The molecule has 0 N–H and O–H groups in total. The van der Waals surface area contributed by atoms with Crippen LogP contribution in [0, 0.1) is 11.8 Å². The highest BCUT2D eigenvalue weighted by Gasteiger charge is 2.71. The predicted octanol–water partition coefficient (Wildman–Crippen LogP) is 1.66. The molecule has 0 radical (unpaired) electrons. The van der Waals surface area contributed by atoms with Gasteiger partial charge in [0.15, 0.2) is 0 Å². The third-order valence-corrected chi connectivity index (χ3v) is 3.73. The Morgan fingerprint density at radius 2 is 2.17 bits per heavy atom. The van der Waals surface area contributed by atoms with E-state index >= 15 is 0 Å². The van der Waals surface area contributed by atoms with E-state index in [2.05, 4.69) is 0 Å². The second-order valence-electron chi connectivity index (χ2n) is 4.19. The molecule has 0 amide bonds. The molecule has 2 atom stereocenters. The molecule has 0 aromatic heterocycles. The Hall–Kier alpha value is -0.790. The van der Waals surface area contributed by atoms with Crippen molar-refractivity contribution < 1.29 is 9.53 Å². The fourth-order valence-electron chi connectivity index (χ4n) is 3.20. The molecular formula is C10H12O2. The van der Waals surface area contributed by atoms with Crippen LogP contribution in [0.2, 0.25) is 0 Å². The van der Waals surface area contributed by atoms with E-state index in [9.17, 15) is 4.79 Å². The lowest BCUT2D eigenvalue weighted by molar-refractivity contribution is -0.141. The summed E-state index contributed by atoms with van der Waals surface area (Å²) in [4.78, 5) is 11.0. The molecule has 1 heterocycles. The maximum Gasteiger partial charge on any atom is 0.331 e. The van der Waals surface area contributed by atoms with Crippen molar-refractivity contribution in [3.63, 3.8) is 0 Å². The van der Waals surface area contributed by atoms with E-state index in [0.29, 0.717) is 11.8 Å². The highest BCUT2D eigenvalue weighted by atomic mass is 16.6. The van der Waals surface area contributed by atoms with E-state index in [1.807, 2.05) is 6.92 Å². The highest BCUT2D eigenvalue weighted by Crippen LogP contribution is 2.67. The summed E-state index contributed by atoms with van der Waals surface area (Å²) < 4.78 is 5.41. The molecule has 2 unspecified atom stereocenters. The van der Waals surface area contributed by atoms with Gasteiger partial charge in [-0.3, -0.25) is 0 Å². The van der Waals surface area contributed by atoms with Crippen LogP contribution in [0.3, 0.4) is 0 Å². The first kappa shape index (κ1) is 6.70. The van der Waals surface area contributed by atoms with Gasteiger partial charge in [0.05, 0.1) is 0 Å². The van der Waals surface area contributed by atoms with Gasteiger partial charge in [-0.15, -0.1) is 0 Å². The van der Waals surface area contributed by atoms with Crippen LogP contribution in [-0.2, 0) is 9.53 Å². The normalized spacial score (nSPS) is 49.1. The van der Waals surface area contributed by atoms with Gasteiger partial charge in [-0.25, -0.2) is 4.79 Å². The van der Waals surface area contributed by atoms with Crippen LogP contribution >= 0.6 is 0 Å². The van der Waals surface area contributed by atoms with Crippen molar-refractivity contribution in [3.8, 4) is 0 Å². The lowest BCUT2D eigenvalue weighted by Gasteiger charge is -2.15. The van der Waals surface area contributed by atoms with E-state index in [-0.39, 0.29) is 11.6 Å². The maximum absolute atomic E-state index is 11.0. The first-order valence-electron chi connectivity index (χ1n) is 4.67. The fourth-order valence-corrected chi connectivity index (χ4v) is 3.20. The minimum Gasteiger partial charge on any atom is -0.451 e. The number of esters is 1. The Morgan fingerprint density at radius 3 is 2.67 bits per heavy atom. The summed E-state index contributed by atoms with van der Waals surface area (Å²) in [6, 6.07) is 0. The molecule has 64 valence electrons. The van der Waals surface area contributed by atoms with Crippen molar-refractivity contribution in [3.05, 3.63) is 11.6 Å². The van der Waals surface area contributed by atoms with E-state index in [1.54, 1.807) is 6.08 Å². The van der Waals surface area contributed by atoms with Crippen LogP contribution in [0.4, 0.5) is 0 Å². The van der Waals surface area contributed by atoms with E-state index < -0.39 is 0 Å². The Morgan fingerprint density at radius 1 is 1.50 bits per heavy atom. The van der Waals surface area contributed by atoms with Crippen molar-refractivity contribution in [2.24, 2.45) is 11.8 Å². The first-order chi connectivity index (χ1) is 5.75. The summed E-state index contributed by atoms with van der Waals surface area (Å²) in [5.41, 5.74) is 1.07. The minimum atomic E-state index is -0.123.